The summed E-state index contributed by atoms with van der Waals surface area (Å²) < 4.78 is 2.74. The van der Waals surface area contributed by atoms with Gasteiger partial charge >= 0.3 is 0 Å². The average Bonchev–Trinajstić information content (AvgIpc) is 4.02. The van der Waals surface area contributed by atoms with Crippen LogP contribution in [0.4, 0.5) is 0 Å². The minimum absolute atomic E-state index is 0.000391. The molecule has 0 saturated carbocycles. The van der Waals surface area contributed by atoms with E-state index in [9.17, 15) is 0 Å². The van der Waals surface area contributed by atoms with Gasteiger partial charge in [-0.1, -0.05) is 220 Å². The molecule has 1 nitrogen and oxygen atoms in total. The topological polar surface area (TPSA) is 4.93 Å². The molecular weight excluding hydrogens is 902 g/mol. The molecule has 0 N–H and O–H groups in total. The molecule has 0 bridgehead atoms. The molecule has 1 aromatic heterocycles. The van der Waals surface area contributed by atoms with Crippen molar-refractivity contribution in [2.75, 3.05) is 0 Å². The third kappa shape index (κ3) is 6.20. The van der Waals surface area contributed by atoms with Crippen LogP contribution >= 0.6 is 0 Å². The number of hydrogen-bond acceptors (Lipinski definition) is 0. The van der Waals surface area contributed by atoms with Crippen LogP contribution in [0.5, 0.6) is 0 Å². The molecule has 16 rings (SSSR count). The number of nitrogens with zero attached hydrogens (tertiary/aromatic N) is 1. The van der Waals surface area contributed by atoms with Crippen molar-refractivity contribution in [1.82, 2.24) is 4.57 Å². The number of hydrogen-bond donors (Lipinski definition) is 0. The van der Waals surface area contributed by atoms with E-state index >= 15 is 0 Å². The van der Waals surface area contributed by atoms with Crippen molar-refractivity contribution in [2.24, 2.45) is 0 Å². The molecule has 0 radical (unpaired) electrons. The summed E-state index contributed by atoms with van der Waals surface area (Å²) in [6.45, 7) is 9.26. The zero-order valence-corrected chi connectivity index (χ0v) is 42.7. The van der Waals surface area contributed by atoms with Crippen molar-refractivity contribution < 1.29 is 0 Å². The fraction of sp³-hybridized carbons (Fsp3) is 0.0959. The first kappa shape index (κ1) is 42.8. The quantitative estimate of drug-likeness (QED) is 0.122. The van der Waals surface area contributed by atoms with Crippen molar-refractivity contribution >= 4 is 77.2 Å². The van der Waals surface area contributed by atoms with Gasteiger partial charge in [-0.15, -0.1) is 0 Å². The van der Waals surface area contributed by atoms with Gasteiger partial charge in [0.05, 0.1) is 11.2 Å². The smallest absolute Gasteiger partial charge is 0.247 e. The van der Waals surface area contributed by atoms with E-state index in [-0.39, 0.29) is 18.0 Å². The number of benzene rings is 12. The van der Waals surface area contributed by atoms with Gasteiger partial charge in [-0.25, -0.2) is 0 Å². The van der Waals surface area contributed by atoms with E-state index in [0.717, 1.165) is 6.42 Å². The molecule has 1 atom stereocenters. The Morgan fingerprint density at radius 2 is 0.987 bits per heavy atom. The first-order chi connectivity index (χ1) is 36.7. The minimum atomic E-state index is -0.0395. The molecule has 352 valence electrons. The second kappa shape index (κ2) is 15.7. The molecule has 12 aromatic carbocycles. The third-order valence-corrected chi connectivity index (χ3v) is 17.5. The van der Waals surface area contributed by atoms with Crippen molar-refractivity contribution in [3.63, 3.8) is 0 Å². The summed E-state index contributed by atoms with van der Waals surface area (Å²) in [5.41, 5.74) is 27.9. The summed E-state index contributed by atoms with van der Waals surface area (Å²) in [4.78, 5) is 0. The van der Waals surface area contributed by atoms with Crippen molar-refractivity contribution in [3.8, 4) is 61.3 Å². The molecule has 13 aromatic rings. The SMILES string of the molecule is Cc1ccc2c3cc(C(C)(C)C)ccc3c3cc4c5c(c3c2c1)-n1c2ccc(-c3ccccc3)cc2c2cc(-c3ccccc3)cc(c21)B5c1cc(-c2ccccc2)cc2c1C4Cc1ccc(-c3ccccc3)cc1-2. The van der Waals surface area contributed by atoms with Gasteiger partial charge in [0.15, 0.2) is 0 Å². The standard InChI is InChI=1S/C73H52BN/c1-43-25-30-54-57-41-53(73(2,3)4)29-31-55(57)62-42-63-61-36-50-27-26-48(44-17-9-5-10-18-44)34-56(50)60-37-51(46-21-13-7-14-22-46)39-65(68(60)61)74-66-40-52(47-23-15-8-16-24-47)38-64-58-35-49(45-19-11-6-12-20-45)28-32-67(58)75(71(64)66)72(70(63)74)69(62)59(54)33-43/h5-35,37-42,61H,36H2,1-4H3. The fourth-order valence-electron chi connectivity index (χ4n) is 14.0. The van der Waals surface area contributed by atoms with E-state index < -0.39 is 0 Å². The van der Waals surface area contributed by atoms with Crippen LogP contribution in [0.3, 0.4) is 0 Å². The van der Waals surface area contributed by atoms with Crippen LogP contribution in [0.25, 0.3) is 115 Å². The maximum atomic E-state index is 2.74. The Labute approximate surface area is 438 Å². The van der Waals surface area contributed by atoms with Gasteiger partial charge in [0, 0.05) is 27.6 Å². The summed E-state index contributed by atoms with van der Waals surface area (Å²) >= 11 is 0. The Bertz CT molecular complexity index is 4580. The number of rotatable bonds is 4. The molecule has 2 aliphatic heterocycles. The maximum Gasteiger partial charge on any atom is 0.247 e. The maximum absolute atomic E-state index is 2.74. The zero-order valence-electron chi connectivity index (χ0n) is 42.7. The average molecular weight is 954 g/mol. The van der Waals surface area contributed by atoms with Crippen LogP contribution in [0, 0.1) is 6.92 Å². The monoisotopic (exact) mass is 953 g/mol. The lowest BCUT2D eigenvalue weighted by Crippen LogP contribution is -2.61. The molecule has 1 unspecified atom stereocenters. The molecule has 0 spiro atoms. The Morgan fingerprint density at radius 1 is 0.427 bits per heavy atom. The molecule has 3 aliphatic rings. The Kier molecular flexibility index (Phi) is 8.92. The highest BCUT2D eigenvalue weighted by Gasteiger charge is 2.46. The molecule has 3 heterocycles. The van der Waals surface area contributed by atoms with Crippen LogP contribution in [-0.4, -0.2) is 11.3 Å². The van der Waals surface area contributed by atoms with Crippen LogP contribution < -0.4 is 16.4 Å². The molecule has 1 aliphatic carbocycles. The predicted octanol–water partition coefficient (Wildman–Crippen LogP) is 17.0. The highest BCUT2D eigenvalue weighted by Crippen LogP contribution is 2.51. The zero-order chi connectivity index (χ0) is 49.8. The van der Waals surface area contributed by atoms with E-state index in [4.69, 9.17) is 0 Å². The molecule has 2 heteroatoms. The Balaban J connectivity index is 1.12. The second-order valence-corrected chi connectivity index (χ2v) is 22.8. The van der Waals surface area contributed by atoms with Crippen LogP contribution in [0.2, 0.25) is 0 Å². The van der Waals surface area contributed by atoms with Gasteiger partial charge in [-0.05, 0) is 171 Å². The lowest BCUT2D eigenvalue weighted by molar-refractivity contribution is 0.591. The van der Waals surface area contributed by atoms with Gasteiger partial charge in [0.2, 0.25) is 6.71 Å². The van der Waals surface area contributed by atoms with Gasteiger partial charge in [0.25, 0.3) is 0 Å². The molecule has 0 amide bonds. The number of fused-ring (bicyclic) bond motifs is 16. The van der Waals surface area contributed by atoms with Crippen molar-refractivity contribution in [2.45, 2.75) is 45.4 Å². The highest BCUT2D eigenvalue weighted by atomic mass is 15.0. The first-order valence-corrected chi connectivity index (χ1v) is 26.9. The van der Waals surface area contributed by atoms with Crippen LogP contribution in [-0.2, 0) is 11.8 Å². The van der Waals surface area contributed by atoms with E-state index in [1.54, 1.807) is 0 Å². The number of aromatic nitrogens is 1. The molecular formula is C73H52BN. The second-order valence-electron chi connectivity index (χ2n) is 22.8. The minimum Gasteiger partial charge on any atom is -0.310 e. The summed E-state index contributed by atoms with van der Waals surface area (Å²) in [6, 6.07) is 86.2. The normalized spacial score (nSPS) is 14.2. The van der Waals surface area contributed by atoms with E-state index in [0.29, 0.717) is 0 Å². The van der Waals surface area contributed by atoms with Crippen molar-refractivity contribution in [3.05, 3.63) is 252 Å². The summed E-state index contributed by atoms with van der Waals surface area (Å²) in [5, 5.41) is 10.6. The van der Waals surface area contributed by atoms with Gasteiger partial charge in [0.1, 0.15) is 0 Å². The Morgan fingerprint density at radius 3 is 1.65 bits per heavy atom. The van der Waals surface area contributed by atoms with Crippen LogP contribution in [0.1, 0.15) is 54.5 Å². The highest BCUT2D eigenvalue weighted by molar-refractivity contribution is 6.99. The fourth-order valence-corrected chi connectivity index (χ4v) is 14.0. The summed E-state index contributed by atoms with van der Waals surface area (Å²) in [6.07, 6.45) is 0.928. The summed E-state index contributed by atoms with van der Waals surface area (Å²) in [7, 11) is 0. The molecule has 0 saturated heterocycles. The lowest BCUT2D eigenvalue weighted by Gasteiger charge is -2.42. The van der Waals surface area contributed by atoms with E-state index in [1.807, 2.05) is 0 Å². The lowest BCUT2D eigenvalue weighted by atomic mass is 9.30. The van der Waals surface area contributed by atoms with E-state index in [2.05, 4.69) is 257 Å². The van der Waals surface area contributed by atoms with Gasteiger partial charge < -0.3 is 4.57 Å². The van der Waals surface area contributed by atoms with Crippen molar-refractivity contribution in [1.29, 1.82) is 0 Å². The van der Waals surface area contributed by atoms with E-state index in [1.165, 1.54) is 160 Å². The third-order valence-electron chi connectivity index (χ3n) is 17.5. The van der Waals surface area contributed by atoms with Gasteiger partial charge in [-0.3, -0.25) is 0 Å². The van der Waals surface area contributed by atoms with Gasteiger partial charge in [-0.2, -0.15) is 0 Å². The Hall–Kier alpha value is -8.72. The number of aryl methyl sites for hydroxylation is 1. The van der Waals surface area contributed by atoms with Crippen LogP contribution in [0.15, 0.2) is 224 Å². The first-order valence-electron chi connectivity index (χ1n) is 26.9. The molecule has 75 heavy (non-hydrogen) atoms. The summed E-state index contributed by atoms with van der Waals surface area (Å²) in [5.74, 6) is 0.141. The molecule has 0 fully saturated rings. The predicted molar refractivity (Wildman–Crippen MR) is 321 cm³/mol. The largest absolute Gasteiger partial charge is 0.310 e.